The fourth-order valence-electron chi connectivity index (χ4n) is 4.21. The number of carbonyl (C=O) groups excluding carboxylic acids is 1. The van der Waals surface area contributed by atoms with Gasteiger partial charge in [0.15, 0.2) is 5.13 Å². The SMILES string of the molecule is Cc1cccnc1N1CCCC1c1csc(NC(=O)c2cccn2Cc2ccncc2)n1. The molecule has 1 unspecified atom stereocenters. The summed E-state index contributed by atoms with van der Waals surface area (Å²) >= 11 is 1.47. The predicted octanol–water partition coefficient (Wildman–Crippen LogP) is 4.69. The summed E-state index contributed by atoms with van der Waals surface area (Å²) in [6.45, 7) is 3.66. The molecule has 5 heterocycles. The zero-order valence-electron chi connectivity index (χ0n) is 17.8. The first-order chi connectivity index (χ1) is 15.7. The summed E-state index contributed by atoms with van der Waals surface area (Å²) in [4.78, 5) is 28.7. The number of pyridine rings is 2. The molecule has 0 aliphatic carbocycles. The third-order valence-corrected chi connectivity index (χ3v) is 6.53. The first-order valence-electron chi connectivity index (χ1n) is 10.7. The molecule has 162 valence electrons. The van der Waals surface area contributed by atoms with Gasteiger partial charge in [0.25, 0.3) is 5.91 Å². The van der Waals surface area contributed by atoms with Crippen LogP contribution in [0.5, 0.6) is 0 Å². The summed E-state index contributed by atoms with van der Waals surface area (Å²) < 4.78 is 1.93. The van der Waals surface area contributed by atoms with Crippen molar-refractivity contribution in [1.29, 1.82) is 0 Å². The zero-order valence-corrected chi connectivity index (χ0v) is 18.6. The van der Waals surface area contributed by atoms with Gasteiger partial charge in [0.2, 0.25) is 0 Å². The fourth-order valence-corrected chi connectivity index (χ4v) is 4.96. The molecule has 5 rings (SSSR count). The van der Waals surface area contributed by atoms with Crippen LogP contribution in [0.2, 0.25) is 0 Å². The lowest BCUT2D eigenvalue weighted by Gasteiger charge is -2.25. The molecule has 7 nitrogen and oxygen atoms in total. The van der Waals surface area contributed by atoms with Crippen molar-refractivity contribution < 1.29 is 4.79 Å². The van der Waals surface area contributed by atoms with E-state index in [0.29, 0.717) is 17.4 Å². The molecule has 1 saturated heterocycles. The van der Waals surface area contributed by atoms with E-state index < -0.39 is 0 Å². The summed E-state index contributed by atoms with van der Waals surface area (Å²) in [6.07, 6.45) is 9.40. The van der Waals surface area contributed by atoms with Crippen molar-refractivity contribution in [3.8, 4) is 0 Å². The number of rotatable bonds is 6. The maximum absolute atomic E-state index is 12.9. The quantitative estimate of drug-likeness (QED) is 0.467. The summed E-state index contributed by atoms with van der Waals surface area (Å²) in [5.74, 6) is 0.858. The van der Waals surface area contributed by atoms with E-state index in [-0.39, 0.29) is 11.9 Å². The van der Waals surface area contributed by atoms with Crippen LogP contribution in [0.1, 0.15) is 46.2 Å². The molecule has 4 aromatic heterocycles. The van der Waals surface area contributed by atoms with Crippen LogP contribution in [-0.2, 0) is 6.54 Å². The van der Waals surface area contributed by atoms with Gasteiger partial charge in [-0.25, -0.2) is 9.97 Å². The van der Waals surface area contributed by atoms with Gasteiger partial charge < -0.3 is 9.47 Å². The Kier molecular flexibility index (Phi) is 5.68. The molecule has 32 heavy (non-hydrogen) atoms. The van der Waals surface area contributed by atoms with Crippen LogP contribution in [0.25, 0.3) is 0 Å². The van der Waals surface area contributed by atoms with Gasteiger partial charge >= 0.3 is 0 Å². The van der Waals surface area contributed by atoms with Crippen LogP contribution in [0, 0.1) is 6.92 Å². The van der Waals surface area contributed by atoms with E-state index in [1.807, 2.05) is 52.7 Å². The van der Waals surface area contributed by atoms with Gasteiger partial charge in [-0.05, 0) is 61.2 Å². The van der Waals surface area contributed by atoms with E-state index in [1.165, 1.54) is 11.3 Å². The Labute approximate surface area is 190 Å². The Morgan fingerprint density at radius 1 is 1.19 bits per heavy atom. The Morgan fingerprint density at radius 3 is 2.91 bits per heavy atom. The second kappa shape index (κ2) is 8.92. The fraction of sp³-hybridized carbons (Fsp3) is 0.250. The summed E-state index contributed by atoms with van der Waals surface area (Å²) in [5.41, 5.74) is 3.84. The molecule has 0 saturated carbocycles. The lowest BCUT2D eigenvalue weighted by molar-refractivity contribution is 0.101. The molecule has 0 bridgehead atoms. The number of aryl methyl sites for hydroxylation is 1. The standard InChI is InChI=1S/C24H24N6OS/c1-17-5-2-10-26-22(17)30-14-4-6-20(30)19-16-32-24(27-19)28-23(31)21-7-3-13-29(21)15-18-8-11-25-12-9-18/h2-3,5,7-13,16,20H,4,6,14-15H2,1H3,(H,27,28,31). The zero-order chi connectivity index (χ0) is 21.9. The van der Waals surface area contributed by atoms with E-state index in [4.69, 9.17) is 4.98 Å². The van der Waals surface area contributed by atoms with Crippen LogP contribution in [0.4, 0.5) is 10.9 Å². The summed E-state index contributed by atoms with van der Waals surface area (Å²) in [6, 6.07) is 11.8. The summed E-state index contributed by atoms with van der Waals surface area (Å²) in [7, 11) is 0. The second-order valence-corrected chi connectivity index (χ2v) is 8.76. The van der Waals surface area contributed by atoms with Crippen molar-refractivity contribution in [3.05, 3.63) is 89.1 Å². The number of amides is 1. The van der Waals surface area contributed by atoms with Crippen LogP contribution in [0.15, 0.2) is 66.6 Å². The molecule has 0 spiro atoms. The summed E-state index contributed by atoms with van der Waals surface area (Å²) in [5, 5.41) is 5.65. The molecular formula is C24H24N6OS. The highest BCUT2D eigenvalue weighted by Crippen LogP contribution is 2.37. The number of nitrogens with one attached hydrogen (secondary N) is 1. The van der Waals surface area contributed by atoms with Gasteiger partial charge in [-0.2, -0.15) is 0 Å². The van der Waals surface area contributed by atoms with Crippen molar-refractivity contribution in [1.82, 2.24) is 19.5 Å². The van der Waals surface area contributed by atoms with Crippen molar-refractivity contribution in [2.45, 2.75) is 32.4 Å². The molecule has 1 N–H and O–H groups in total. The van der Waals surface area contributed by atoms with E-state index in [9.17, 15) is 4.79 Å². The second-order valence-electron chi connectivity index (χ2n) is 7.90. The smallest absolute Gasteiger partial charge is 0.274 e. The van der Waals surface area contributed by atoms with Crippen LogP contribution >= 0.6 is 11.3 Å². The number of hydrogen-bond acceptors (Lipinski definition) is 6. The van der Waals surface area contributed by atoms with Crippen LogP contribution < -0.4 is 10.2 Å². The molecule has 1 atom stereocenters. The molecule has 8 heteroatoms. The normalized spacial score (nSPS) is 15.8. The first-order valence-corrected chi connectivity index (χ1v) is 11.6. The lowest BCUT2D eigenvalue weighted by Crippen LogP contribution is -2.24. The molecule has 1 fully saturated rings. The third kappa shape index (κ3) is 4.13. The highest BCUT2D eigenvalue weighted by molar-refractivity contribution is 7.14. The highest BCUT2D eigenvalue weighted by atomic mass is 32.1. The van der Waals surface area contributed by atoms with Crippen LogP contribution in [0.3, 0.4) is 0 Å². The molecule has 1 aliphatic rings. The van der Waals surface area contributed by atoms with Crippen LogP contribution in [-0.4, -0.2) is 32.0 Å². The maximum atomic E-state index is 12.9. The number of hydrogen-bond donors (Lipinski definition) is 1. The minimum atomic E-state index is -0.159. The average Bonchev–Trinajstić information content (AvgIpc) is 3.55. The van der Waals surface area contributed by atoms with Gasteiger partial charge in [0.05, 0.1) is 11.7 Å². The van der Waals surface area contributed by atoms with E-state index >= 15 is 0 Å². The number of aromatic nitrogens is 4. The first kappa shape index (κ1) is 20.4. The Morgan fingerprint density at radius 2 is 2.06 bits per heavy atom. The van der Waals surface area contributed by atoms with Crippen molar-refractivity contribution >= 4 is 28.2 Å². The monoisotopic (exact) mass is 444 g/mol. The molecular weight excluding hydrogens is 420 g/mol. The minimum absolute atomic E-state index is 0.159. The average molecular weight is 445 g/mol. The van der Waals surface area contributed by atoms with Gasteiger partial charge in [-0.1, -0.05) is 6.07 Å². The number of carbonyl (C=O) groups is 1. The van der Waals surface area contributed by atoms with E-state index in [2.05, 4.69) is 33.2 Å². The molecule has 1 aliphatic heterocycles. The molecule has 4 aromatic rings. The highest BCUT2D eigenvalue weighted by Gasteiger charge is 2.30. The predicted molar refractivity (Wildman–Crippen MR) is 126 cm³/mol. The van der Waals surface area contributed by atoms with Gasteiger partial charge in [0.1, 0.15) is 11.5 Å². The number of thiazole rings is 1. The molecule has 0 aromatic carbocycles. The van der Waals surface area contributed by atoms with Crippen molar-refractivity contribution in [3.63, 3.8) is 0 Å². The van der Waals surface area contributed by atoms with E-state index in [1.54, 1.807) is 12.4 Å². The molecule has 0 radical (unpaired) electrons. The Hall–Kier alpha value is -3.52. The number of anilines is 2. The van der Waals surface area contributed by atoms with Gasteiger partial charge in [-0.15, -0.1) is 11.3 Å². The Bertz CT molecular complexity index is 1220. The van der Waals surface area contributed by atoms with Crippen molar-refractivity contribution in [2.24, 2.45) is 0 Å². The molecule has 1 amide bonds. The maximum Gasteiger partial charge on any atom is 0.274 e. The Balaban J connectivity index is 1.30. The largest absolute Gasteiger partial charge is 0.348 e. The minimum Gasteiger partial charge on any atom is -0.348 e. The topological polar surface area (TPSA) is 75.9 Å². The lowest BCUT2D eigenvalue weighted by atomic mass is 10.1. The number of nitrogens with zero attached hydrogens (tertiary/aromatic N) is 5. The van der Waals surface area contributed by atoms with Gasteiger partial charge in [0, 0.05) is 43.3 Å². The third-order valence-electron chi connectivity index (χ3n) is 5.75. The van der Waals surface area contributed by atoms with E-state index in [0.717, 1.165) is 42.0 Å². The van der Waals surface area contributed by atoms with Crippen molar-refractivity contribution in [2.75, 3.05) is 16.8 Å². The van der Waals surface area contributed by atoms with Gasteiger partial charge in [-0.3, -0.25) is 15.1 Å².